The first-order valence-electron chi connectivity index (χ1n) is 6.04. The van der Waals surface area contributed by atoms with Crippen LogP contribution in [0.25, 0.3) is 0 Å². The summed E-state index contributed by atoms with van der Waals surface area (Å²) in [4.78, 5) is 0. The Kier molecular flexibility index (Phi) is 4.60. The van der Waals surface area contributed by atoms with Crippen molar-refractivity contribution in [2.45, 2.75) is 13.5 Å². The first-order valence-corrected chi connectivity index (χ1v) is 6.83. The summed E-state index contributed by atoms with van der Waals surface area (Å²) in [5.41, 5.74) is 1.09. The van der Waals surface area contributed by atoms with Crippen LogP contribution in [-0.2, 0) is 6.54 Å². The fourth-order valence-electron chi connectivity index (χ4n) is 1.89. The maximum atomic E-state index is 13.9. The summed E-state index contributed by atoms with van der Waals surface area (Å²) < 4.78 is 33.6. The highest BCUT2D eigenvalue weighted by atomic mass is 79.9. The summed E-state index contributed by atoms with van der Waals surface area (Å²) in [5.74, 6) is -0.518. The molecule has 0 fully saturated rings. The molecule has 0 aromatic heterocycles. The van der Waals surface area contributed by atoms with Crippen molar-refractivity contribution < 1.29 is 13.5 Å². The van der Waals surface area contributed by atoms with Gasteiger partial charge in [-0.1, -0.05) is 22.0 Å². The van der Waals surface area contributed by atoms with E-state index in [1.165, 1.54) is 12.1 Å². The number of aryl methyl sites for hydroxylation is 1. The van der Waals surface area contributed by atoms with E-state index in [1.54, 1.807) is 20.1 Å². The lowest BCUT2D eigenvalue weighted by Gasteiger charge is -2.13. The lowest BCUT2D eigenvalue weighted by molar-refractivity contribution is 0.410. The lowest BCUT2D eigenvalue weighted by Crippen LogP contribution is -2.06. The van der Waals surface area contributed by atoms with Gasteiger partial charge in [0.15, 0.2) is 5.82 Å². The predicted molar refractivity (Wildman–Crippen MR) is 79.1 cm³/mol. The molecule has 0 heterocycles. The van der Waals surface area contributed by atoms with E-state index in [9.17, 15) is 8.78 Å². The summed E-state index contributed by atoms with van der Waals surface area (Å²) in [5, 5.41) is 2.79. The predicted octanol–water partition coefficient (Wildman–Crippen LogP) is 4.66. The third kappa shape index (κ3) is 3.10. The number of methoxy groups -OCH3 is 1. The van der Waals surface area contributed by atoms with E-state index in [2.05, 4.69) is 21.2 Å². The van der Waals surface area contributed by atoms with E-state index < -0.39 is 11.6 Å². The first-order chi connectivity index (χ1) is 9.52. The van der Waals surface area contributed by atoms with E-state index in [-0.39, 0.29) is 12.2 Å². The molecule has 5 heteroatoms. The summed E-state index contributed by atoms with van der Waals surface area (Å²) in [6.07, 6.45) is 0. The highest BCUT2D eigenvalue weighted by molar-refractivity contribution is 9.10. The fraction of sp³-hybridized carbons (Fsp3) is 0.200. The van der Waals surface area contributed by atoms with Gasteiger partial charge in [-0.25, -0.2) is 8.78 Å². The lowest BCUT2D eigenvalue weighted by atomic mass is 10.1. The van der Waals surface area contributed by atoms with Gasteiger partial charge < -0.3 is 10.1 Å². The van der Waals surface area contributed by atoms with Gasteiger partial charge in [-0.3, -0.25) is 0 Å². The second kappa shape index (κ2) is 6.22. The maximum absolute atomic E-state index is 13.9. The van der Waals surface area contributed by atoms with E-state index >= 15 is 0 Å². The van der Waals surface area contributed by atoms with Crippen LogP contribution < -0.4 is 10.1 Å². The fourth-order valence-corrected chi connectivity index (χ4v) is 2.30. The maximum Gasteiger partial charge on any atom is 0.152 e. The first kappa shape index (κ1) is 14.8. The van der Waals surface area contributed by atoms with Gasteiger partial charge in [-0.05, 0) is 36.8 Å². The summed E-state index contributed by atoms with van der Waals surface area (Å²) in [6, 6.07) is 8.14. The number of hydrogen-bond donors (Lipinski definition) is 1. The van der Waals surface area contributed by atoms with Crippen molar-refractivity contribution in [3.63, 3.8) is 0 Å². The van der Waals surface area contributed by atoms with Gasteiger partial charge in [0, 0.05) is 16.6 Å². The number of anilines is 1. The zero-order valence-corrected chi connectivity index (χ0v) is 12.7. The third-order valence-electron chi connectivity index (χ3n) is 2.98. The molecule has 2 aromatic carbocycles. The molecule has 2 rings (SSSR count). The van der Waals surface area contributed by atoms with Crippen LogP contribution in [-0.4, -0.2) is 7.11 Å². The van der Waals surface area contributed by atoms with Gasteiger partial charge in [0.05, 0.1) is 7.11 Å². The largest absolute Gasteiger partial charge is 0.496 e. The highest BCUT2D eigenvalue weighted by Gasteiger charge is 2.12. The van der Waals surface area contributed by atoms with Crippen LogP contribution in [0.15, 0.2) is 34.8 Å². The van der Waals surface area contributed by atoms with Crippen LogP contribution in [0.1, 0.15) is 11.1 Å². The van der Waals surface area contributed by atoms with Crippen molar-refractivity contribution in [2.24, 2.45) is 0 Å². The molecule has 2 nitrogen and oxygen atoms in total. The van der Waals surface area contributed by atoms with E-state index in [4.69, 9.17) is 4.74 Å². The van der Waals surface area contributed by atoms with Crippen LogP contribution in [0.4, 0.5) is 14.5 Å². The summed E-state index contributed by atoms with van der Waals surface area (Å²) in [6.45, 7) is 1.86. The Bertz CT molecular complexity index is 632. The monoisotopic (exact) mass is 341 g/mol. The van der Waals surface area contributed by atoms with Crippen molar-refractivity contribution in [1.29, 1.82) is 0 Å². The van der Waals surface area contributed by atoms with Gasteiger partial charge >= 0.3 is 0 Å². The molecule has 0 saturated heterocycles. The molecule has 2 aromatic rings. The van der Waals surface area contributed by atoms with Gasteiger partial charge in [-0.15, -0.1) is 0 Å². The molecular weight excluding hydrogens is 328 g/mol. The zero-order chi connectivity index (χ0) is 14.7. The number of nitrogens with one attached hydrogen (secondary N) is 1. The SMILES string of the molecule is COc1ccc(Br)cc1CNc1c(F)ccc(C)c1F. The van der Waals surface area contributed by atoms with Crippen molar-refractivity contribution in [2.75, 3.05) is 12.4 Å². The van der Waals surface area contributed by atoms with Crippen molar-refractivity contribution >= 4 is 21.6 Å². The van der Waals surface area contributed by atoms with E-state index in [1.807, 2.05) is 12.1 Å². The Morgan fingerprint density at radius 2 is 1.95 bits per heavy atom. The summed E-state index contributed by atoms with van der Waals surface area (Å²) >= 11 is 3.36. The minimum Gasteiger partial charge on any atom is -0.496 e. The van der Waals surface area contributed by atoms with Crippen LogP contribution >= 0.6 is 15.9 Å². The molecule has 0 unspecified atom stereocenters. The van der Waals surface area contributed by atoms with Crippen molar-refractivity contribution in [3.8, 4) is 5.75 Å². The quantitative estimate of drug-likeness (QED) is 0.873. The minimum atomic E-state index is -0.609. The minimum absolute atomic E-state index is 0.118. The zero-order valence-electron chi connectivity index (χ0n) is 11.1. The van der Waals surface area contributed by atoms with Crippen molar-refractivity contribution in [1.82, 2.24) is 0 Å². The molecule has 106 valence electrons. The topological polar surface area (TPSA) is 21.3 Å². The molecule has 1 N–H and O–H groups in total. The van der Waals surface area contributed by atoms with E-state index in [0.717, 1.165) is 10.0 Å². The molecule has 0 bridgehead atoms. The second-order valence-electron chi connectivity index (χ2n) is 4.36. The molecule has 0 aliphatic carbocycles. The van der Waals surface area contributed by atoms with Crippen LogP contribution in [0, 0.1) is 18.6 Å². The number of benzene rings is 2. The van der Waals surface area contributed by atoms with E-state index in [0.29, 0.717) is 11.3 Å². The summed E-state index contributed by atoms with van der Waals surface area (Å²) in [7, 11) is 1.56. The Morgan fingerprint density at radius 1 is 1.20 bits per heavy atom. The standard InChI is InChI=1S/C15H14BrF2NO/c1-9-3-5-12(17)15(14(9)18)19-8-10-7-11(16)4-6-13(10)20-2/h3-7,19H,8H2,1-2H3. The molecule has 0 radical (unpaired) electrons. The molecule has 0 spiro atoms. The average molecular weight is 342 g/mol. The van der Waals surface area contributed by atoms with Crippen LogP contribution in [0.3, 0.4) is 0 Å². The van der Waals surface area contributed by atoms with Crippen LogP contribution in [0.2, 0.25) is 0 Å². The molecular formula is C15H14BrF2NO. The normalized spacial score (nSPS) is 10.4. The Morgan fingerprint density at radius 3 is 2.65 bits per heavy atom. The molecule has 0 amide bonds. The third-order valence-corrected chi connectivity index (χ3v) is 3.48. The van der Waals surface area contributed by atoms with Crippen molar-refractivity contribution in [3.05, 3.63) is 57.6 Å². The molecule has 0 aliphatic heterocycles. The Labute approximate surface area is 124 Å². The van der Waals surface area contributed by atoms with Gasteiger partial charge in [0.25, 0.3) is 0 Å². The smallest absolute Gasteiger partial charge is 0.152 e. The van der Waals surface area contributed by atoms with Gasteiger partial charge in [0.1, 0.15) is 17.3 Å². The number of hydrogen-bond acceptors (Lipinski definition) is 2. The average Bonchev–Trinajstić information content (AvgIpc) is 2.43. The number of ether oxygens (including phenoxy) is 1. The Hall–Kier alpha value is -1.62. The Balaban J connectivity index is 2.25. The second-order valence-corrected chi connectivity index (χ2v) is 5.28. The molecule has 20 heavy (non-hydrogen) atoms. The highest BCUT2D eigenvalue weighted by Crippen LogP contribution is 2.26. The number of rotatable bonds is 4. The molecule has 0 atom stereocenters. The van der Waals surface area contributed by atoms with Gasteiger partial charge in [0.2, 0.25) is 0 Å². The molecule has 0 aliphatic rings. The van der Waals surface area contributed by atoms with Crippen LogP contribution in [0.5, 0.6) is 5.75 Å². The van der Waals surface area contributed by atoms with Gasteiger partial charge in [-0.2, -0.15) is 0 Å². The number of halogens is 3. The molecule has 0 saturated carbocycles.